The van der Waals surface area contributed by atoms with Crippen LogP contribution in [-0.2, 0) is 19.5 Å². The number of benzene rings is 3. The zero-order valence-corrected chi connectivity index (χ0v) is 30.3. The molecule has 1 unspecified atom stereocenters. The average molecular weight is 666 g/mol. The average Bonchev–Trinajstić information content (AvgIpc) is 3.03. The van der Waals surface area contributed by atoms with E-state index in [0.717, 1.165) is 35.2 Å². The predicted molar refractivity (Wildman–Crippen MR) is 193 cm³/mol. The van der Waals surface area contributed by atoms with Gasteiger partial charge in [0.05, 0.1) is 29.0 Å². The van der Waals surface area contributed by atoms with Gasteiger partial charge in [0.25, 0.3) is 10.0 Å². The minimum absolute atomic E-state index is 0.00708. The lowest BCUT2D eigenvalue weighted by atomic mass is 9.89. The summed E-state index contributed by atoms with van der Waals surface area (Å²) >= 11 is 0. The van der Waals surface area contributed by atoms with Crippen molar-refractivity contribution in [2.45, 2.75) is 116 Å². The number of rotatable bonds is 18. The van der Waals surface area contributed by atoms with Gasteiger partial charge < -0.3 is 9.47 Å². The number of carbonyl (C=O) groups is 1. The Kier molecular flexibility index (Phi) is 14.6. The van der Waals surface area contributed by atoms with Crippen LogP contribution in [0.15, 0.2) is 71.6 Å². The molecule has 3 aromatic rings. The fraction of sp³-hybridized carbons (Fsp3) is 0.500. The zero-order chi connectivity index (χ0) is 34.6. The molecule has 0 heterocycles. The second kappa shape index (κ2) is 18.1. The highest BCUT2D eigenvalue weighted by Crippen LogP contribution is 2.36. The highest BCUT2D eigenvalue weighted by atomic mass is 32.2. The number of ether oxygens (including phenoxy) is 2. The van der Waals surface area contributed by atoms with Crippen LogP contribution < -0.4 is 15.2 Å². The van der Waals surface area contributed by atoms with Gasteiger partial charge in [0, 0.05) is 18.7 Å². The number of unbranched alkanes of at least 4 members (excludes halogenated alkanes) is 3. The second-order valence-corrected chi connectivity index (χ2v) is 14.7. The van der Waals surface area contributed by atoms with E-state index in [2.05, 4.69) is 30.9 Å². The first kappa shape index (κ1) is 37.9. The second-order valence-electron chi connectivity index (χ2n) is 13.1. The molecule has 0 spiro atoms. The molecule has 0 aliphatic rings. The molecule has 1 atom stereocenters. The van der Waals surface area contributed by atoms with Gasteiger partial charge >= 0.3 is 6.09 Å². The van der Waals surface area contributed by atoms with Crippen molar-refractivity contribution < 1.29 is 22.7 Å². The lowest BCUT2D eigenvalue weighted by molar-refractivity contribution is 0.0412. The summed E-state index contributed by atoms with van der Waals surface area (Å²) < 4.78 is 42.1. The van der Waals surface area contributed by atoms with Crippen molar-refractivity contribution in [2.24, 2.45) is 0 Å². The molecule has 3 aromatic carbocycles. The summed E-state index contributed by atoms with van der Waals surface area (Å²) in [7, 11) is -3.90. The Morgan fingerprint density at radius 2 is 1.36 bits per heavy atom. The Bertz CT molecular complexity index is 1480. The molecule has 0 aliphatic heterocycles. The third kappa shape index (κ3) is 11.3. The maximum Gasteiger partial charge on any atom is 0.426 e. The largest absolute Gasteiger partial charge is 0.448 e. The number of para-hydroxylation sites is 1. The Morgan fingerprint density at radius 3 is 1.91 bits per heavy atom. The maximum absolute atomic E-state index is 14.0. The third-order valence-corrected chi connectivity index (χ3v) is 9.61. The van der Waals surface area contributed by atoms with Gasteiger partial charge in [-0.1, -0.05) is 98.1 Å². The minimum Gasteiger partial charge on any atom is -0.448 e. The first-order valence-electron chi connectivity index (χ1n) is 17.0. The molecule has 0 saturated carbocycles. The van der Waals surface area contributed by atoms with E-state index in [0.29, 0.717) is 29.3 Å². The van der Waals surface area contributed by atoms with Crippen LogP contribution in [0.1, 0.15) is 122 Å². The van der Waals surface area contributed by atoms with Gasteiger partial charge in [0.15, 0.2) is 0 Å². The molecule has 258 valence electrons. The van der Waals surface area contributed by atoms with E-state index in [-0.39, 0.29) is 30.5 Å². The van der Waals surface area contributed by atoms with E-state index in [9.17, 15) is 13.2 Å². The molecular weight excluding hydrogens is 611 g/mol. The number of hydrogen-bond donors (Lipinski definition) is 2. The molecule has 0 radical (unpaired) electrons. The van der Waals surface area contributed by atoms with E-state index >= 15 is 0 Å². The fourth-order valence-corrected chi connectivity index (χ4v) is 7.04. The lowest BCUT2D eigenvalue weighted by Gasteiger charge is -2.26. The van der Waals surface area contributed by atoms with Gasteiger partial charge in [0.2, 0.25) is 0 Å². The normalized spacial score (nSPS) is 12.4. The molecule has 0 bridgehead atoms. The van der Waals surface area contributed by atoms with Crippen LogP contribution in [0.25, 0.3) is 0 Å². The van der Waals surface area contributed by atoms with Gasteiger partial charge in [0.1, 0.15) is 0 Å². The van der Waals surface area contributed by atoms with Crippen molar-refractivity contribution >= 4 is 33.2 Å². The highest BCUT2D eigenvalue weighted by Gasteiger charge is 2.27. The van der Waals surface area contributed by atoms with Crippen molar-refractivity contribution in [3.63, 3.8) is 0 Å². The minimum atomic E-state index is -3.90. The number of sulfonamides is 1. The summed E-state index contributed by atoms with van der Waals surface area (Å²) in [6.45, 7) is 17.5. The Balaban J connectivity index is 1.76. The number of hydrogen-bond acceptors (Lipinski definition) is 6. The lowest BCUT2D eigenvalue weighted by Crippen LogP contribution is -2.39. The molecule has 8 nitrogen and oxygen atoms in total. The van der Waals surface area contributed by atoms with Crippen LogP contribution in [-0.4, -0.2) is 33.8 Å². The van der Waals surface area contributed by atoms with E-state index < -0.39 is 16.1 Å². The number of carbonyl (C=O) groups excluding carboxylic acids is 1. The molecule has 0 aromatic heterocycles. The van der Waals surface area contributed by atoms with Crippen LogP contribution in [0, 0.1) is 0 Å². The standard InChI is InChI=1S/C38H55N3O5S/c1-9-10-11-15-23-45-30(8)22-24-46-38(42)39-41(33-16-13-12-14-17-33)34-20-18-32(19-21-34)40-47(43,44)37-35(28(4)5)25-31(27(2)3)26-36(37)29(6)7/h12-14,16-21,25-30,40H,9-11,15,22-24H2,1-8H3,(H,39,42). The molecule has 0 aliphatic carbocycles. The van der Waals surface area contributed by atoms with Crippen molar-refractivity contribution in [2.75, 3.05) is 22.9 Å². The summed E-state index contributed by atoms with van der Waals surface area (Å²) in [4.78, 5) is 13.2. The van der Waals surface area contributed by atoms with Crippen LogP contribution in [0.2, 0.25) is 0 Å². The molecule has 3 rings (SSSR count). The quantitative estimate of drug-likeness (QED) is 0.104. The fourth-order valence-electron chi connectivity index (χ4n) is 5.28. The SMILES string of the molecule is CCCCCCOC(C)CCOC(=O)NN(c1ccccc1)c1ccc(NS(=O)(=O)c2c(C(C)C)cc(C(C)C)cc2C(C)C)cc1. The van der Waals surface area contributed by atoms with Crippen molar-refractivity contribution in [3.8, 4) is 0 Å². The molecule has 1 amide bonds. The highest BCUT2D eigenvalue weighted by molar-refractivity contribution is 7.92. The number of anilines is 3. The van der Waals surface area contributed by atoms with Gasteiger partial charge in [-0.15, -0.1) is 0 Å². The van der Waals surface area contributed by atoms with E-state index in [1.807, 2.05) is 77.1 Å². The Morgan fingerprint density at radius 1 is 0.766 bits per heavy atom. The van der Waals surface area contributed by atoms with E-state index in [1.54, 1.807) is 29.3 Å². The summed E-state index contributed by atoms with van der Waals surface area (Å²) in [6.07, 6.45) is 4.59. The van der Waals surface area contributed by atoms with E-state index in [4.69, 9.17) is 9.47 Å². The summed E-state index contributed by atoms with van der Waals surface area (Å²) in [6, 6.07) is 20.4. The third-order valence-electron chi connectivity index (χ3n) is 8.10. The zero-order valence-electron chi connectivity index (χ0n) is 29.5. The monoisotopic (exact) mass is 665 g/mol. The smallest absolute Gasteiger partial charge is 0.426 e. The van der Waals surface area contributed by atoms with Gasteiger partial charge in [-0.05, 0) is 84.2 Å². The van der Waals surface area contributed by atoms with Crippen LogP contribution in [0.5, 0.6) is 0 Å². The molecule has 47 heavy (non-hydrogen) atoms. The number of hydrazine groups is 1. The predicted octanol–water partition coefficient (Wildman–Crippen LogP) is 10.0. The molecule has 0 saturated heterocycles. The van der Waals surface area contributed by atoms with Crippen molar-refractivity contribution in [1.29, 1.82) is 0 Å². The van der Waals surface area contributed by atoms with Crippen molar-refractivity contribution in [3.05, 3.63) is 83.4 Å². The number of amides is 1. The van der Waals surface area contributed by atoms with Gasteiger partial charge in [-0.25, -0.2) is 18.6 Å². The van der Waals surface area contributed by atoms with Crippen molar-refractivity contribution in [1.82, 2.24) is 5.43 Å². The first-order chi connectivity index (χ1) is 22.3. The molecule has 0 fully saturated rings. The van der Waals surface area contributed by atoms with Crippen LogP contribution >= 0.6 is 0 Å². The summed E-state index contributed by atoms with van der Waals surface area (Å²) in [5.74, 6) is 0.330. The Labute approximate surface area is 283 Å². The first-order valence-corrected chi connectivity index (χ1v) is 18.5. The molecule has 2 N–H and O–H groups in total. The summed E-state index contributed by atoms with van der Waals surface area (Å²) in [5.41, 5.74) is 7.36. The topological polar surface area (TPSA) is 97.0 Å². The van der Waals surface area contributed by atoms with E-state index in [1.165, 1.54) is 12.8 Å². The molecular formula is C38H55N3O5S. The van der Waals surface area contributed by atoms with Crippen LogP contribution in [0.3, 0.4) is 0 Å². The van der Waals surface area contributed by atoms with Gasteiger partial charge in [-0.3, -0.25) is 9.73 Å². The van der Waals surface area contributed by atoms with Crippen LogP contribution in [0.4, 0.5) is 21.9 Å². The number of nitrogens with one attached hydrogen (secondary N) is 2. The maximum atomic E-state index is 14.0. The molecule has 9 heteroatoms. The summed E-state index contributed by atoms with van der Waals surface area (Å²) in [5, 5.41) is 1.62. The van der Waals surface area contributed by atoms with Gasteiger partial charge in [-0.2, -0.15) is 0 Å². The Hall–Kier alpha value is -3.56. The number of nitrogens with zero attached hydrogens (tertiary/aromatic N) is 1.